The minimum atomic E-state index is -0.766. The second-order valence-corrected chi connectivity index (χ2v) is 7.36. The van der Waals surface area contributed by atoms with Gasteiger partial charge in [-0.15, -0.1) is 0 Å². The molecule has 1 aliphatic heterocycles. The van der Waals surface area contributed by atoms with Crippen molar-refractivity contribution in [1.82, 2.24) is 0 Å². The summed E-state index contributed by atoms with van der Waals surface area (Å²) in [7, 11) is 0. The van der Waals surface area contributed by atoms with Crippen LogP contribution in [0.1, 0.15) is 46.0 Å². The summed E-state index contributed by atoms with van der Waals surface area (Å²) < 4.78 is 10.6. The summed E-state index contributed by atoms with van der Waals surface area (Å²) in [5, 5.41) is 11.2. The van der Waals surface area contributed by atoms with Gasteiger partial charge >= 0.3 is 5.97 Å². The Morgan fingerprint density at radius 3 is 2.48 bits per heavy atom. The Morgan fingerprint density at radius 1 is 1.13 bits per heavy atom. The molecule has 0 bridgehead atoms. The predicted octanol–water partition coefficient (Wildman–Crippen LogP) is 3.81. The van der Waals surface area contributed by atoms with Gasteiger partial charge < -0.3 is 14.4 Å². The molecular weight excluding hydrogens is 400 g/mol. The number of aryl methyl sites for hydroxylation is 1. The second-order valence-electron chi connectivity index (χ2n) is 7.36. The van der Waals surface area contributed by atoms with Crippen LogP contribution in [-0.2, 0) is 15.9 Å². The number of morpholine rings is 1. The molecule has 0 radical (unpaired) electrons. The molecule has 3 rings (SSSR count). The van der Waals surface area contributed by atoms with Crippen LogP contribution in [0, 0.1) is 10.1 Å². The number of Topliss-reactive ketones (excluding diaryl/α,β-unsaturated/α-hetero) is 1. The van der Waals surface area contributed by atoms with Crippen molar-refractivity contribution in [2.45, 2.75) is 26.2 Å². The average Bonchev–Trinajstić information content (AvgIpc) is 2.81. The number of hydrogen-bond donors (Lipinski definition) is 0. The van der Waals surface area contributed by atoms with Crippen LogP contribution in [0.3, 0.4) is 0 Å². The highest BCUT2D eigenvalue weighted by Gasteiger charge is 2.23. The molecular formula is C23H26N2O6. The zero-order valence-corrected chi connectivity index (χ0v) is 17.5. The van der Waals surface area contributed by atoms with Gasteiger partial charge in [0.15, 0.2) is 12.4 Å². The number of benzene rings is 2. The fraction of sp³-hybridized carbons (Fsp3) is 0.391. The van der Waals surface area contributed by atoms with E-state index in [9.17, 15) is 19.7 Å². The van der Waals surface area contributed by atoms with Crippen LogP contribution < -0.4 is 4.90 Å². The van der Waals surface area contributed by atoms with Crippen LogP contribution in [0.4, 0.5) is 11.4 Å². The van der Waals surface area contributed by atoms with Crippen molar-refractivity contribution < 1.29 is 24.0 Å². The number of unbranched alkanes of at least 4 members (excludes halogenated alkanes) is 1. The monoisotopic (exact) mass is 426 g/mol. The van der Waals surface area contributed by atoms with Gasteiger partial charge in [0.05, 0.1) is 29.4 Å². The van der Waals surface area contributed by atoms with E-state index >= 15 is 0 Å². The van der Waals surface area contributed by atoms with E-state index in [2.05, 4.69) is 6.92 Å². The van der Waals surface area contributed by atoms with E-state index in [-0.39, 0.29) is 17.0 Å². The maximum absolute atomic E-state index is 12.7. The van der Waals surface area contributed by atoms with Gasteiger partial charge in [-0.25, -0.2) is 4.79 Å². The number of nitro benzene ring substituents is 1. The lowest BCUT2D eigenvalue weighted by molar-refractivity contribution is -0.384. The summed E-state index contributed by atoms with van der Waals surface area (Å²) in [6.45, 7) is 3.80. The Bertz CT molecular complexity index is 936. The molecule has 164 valence electrons. The van der Waals surface area contributed by atoms with Gasteiger partial charge in [0.2, 0.25) is 0 Å². The zero-order valence-electron chi connectivity index (χ0n) is 17.5. The van der Waals surface area contributed by atoms with Crippen LogP contribution in [-0.4, -0.2) is 49.6 Å². The van der Waals surface area contributed by atoms with Crippen molar-refractivity contribution >= 4 is 23.1 Å². The fourth-order valence-corrected chi connectivity index (χ4v) is 3.41. The molecule has 0 spiro atoms. The number of esters is 1. The van der Waals surface area contributed by atoms with E-state index < -0.39 is 17.5 Å². The molecule has 0 atom stereocenters. The summed E-state index contributed by atoms with van der Waals surface area (Å²) in [5.74, 6) is -1.09. The van der Waals surface area contributed by atoms with Crippen LogP contribution in [0.15, 0.2) is 42.5 Å². The number of nitrogens with zero attached hydrogens (tertiary/aromatic N) is 2. The van der Waals surface area contributed by atoms with Gasteiger partial charge in [-0.3, -0.25) is 14.9 Å². The Kier molecular flexibility index (Phi) is 7.72. The Labute approximate surface area is 180 Å². The van der Waals surface area contributed by atoms with E-state index in [1.165, 1.54) is 18.2 Å². The lowest BCUT2D eigenvalue weighted by Gasteiger charge is -2.30. The molecule has 0 aromatic heterocycles. The molecule has 8 nitrogen and oxygen atoms in total. The van der Waals surface area contributed by atoms with E-state index in [4.69, 9.17) is 9.47 Å². The third-order valence-electron chi connectivity index (χ3n) is 5.19. The molecule has 1 heterocycles. The average molecular weight is 426 g/mol. The molecule has 2 aromatic rings. The fourth-order valence-electron chi connectivity index (χ4n) is 3.41. The van der Waals surface area contributed by atoms with Gasteiger partial charge in [0, 0.05) is 30.8 Å². The number of ketones is 1. The molecule has 1 fully saturated rings. The summed E-state index contributed by atoms with van der Waals surface area (Å²) >= 11 is 0. The first-order valence-corrected chi connectivity index (χ1v) is 10.4. The molecule has 1 aliphatic rings. The Balaban J connectivity index is 1.70. The van der Waals surface area contributed by atoms with Crippen molar-refractivity contribution in [1.29, 1.82) is 0 Å². The number of anilines is 1. The maximum atomic E-state index is 12.7. The van der Waals surface area contributed by atoms with Crippen molar-refractivity contribution in [2.75, 3.05) is 37.8 Å². The van der Waals surface area contributed by atoms with E-state index in [0.29, 0.717) is 37.6 Å². The molecule has 1 saturated heterocycles. The van der Waals surface area contributed by atoms with Crippen molar-refractivity contribution in [3.8, 4) is 0 Å². The van der Waals surface area contributed by atoms with Crippen LogP contribution in [0.25, 0.3) is 0 Å². The number of nitro groups is 1. The first-order chi connectivity index (χ1) is 15.0. The van der Waals surface area contributed by atoms with Gasteiger partial charge in [-0.05, 0) is 24.5 Å². The van der Waals surface area contributed by atoms with Crippen LogP contribution in [0.5, 0.6) is 0 Å². The Hall–Kier alpha value is -3.26. The minimum absolute atomic E-state index is 0.0683. The molecule has 0 aliphatic carbocycles. The highest BCUT2D eigenvalue weighted by molar-refractivity contribution is 6.01. The van der Waals surface area contributed by atoms with Gasteiger partial charge in [-0.2, -0.15) is 0 Å². The minimum Gasteiger partial charge on any atom is -0.454 e. The standard InChI is InChI=1S/C23H26N2O6/c1-2-3-4-17-5-7-18(8-6-17)22(26)16-31-23(27)20-15-19(25(28)29)9-10-21(20)24-11-13-30-14-12-24/h5-10,15H,2-4,11-14,16H2,1H3. The molecule has 31 heavy (non-hydrogen) atoms. The number of hydrogen-bond acceptors (Lipinski definition) is 7. The van der Waals surface area contributed by atoms with Crippen molar-refractivity contribution in [3.05, 3.63) is 69.3 Å². The number of ether oxygens (including phenoxy) is 2. The highest BCUT2D eigenvalue weighted by atomic mass is 16.6. The third-order valence-corrected chi connectivity index (χ3v) is 5.19. The molecule has 0 saturated carbocycles. The topological polar surface area (TPSA) is 99.0 Å². The van der Waals surface area contributed by atoms with Gasteiger partial charge in [0.25, 0.3) is 5.69 Å². The second kappa shape index (κ2) is 10.7. The number of carbonyl (C=O) groups is 2. The quantitative estimate of drug-likeness (QED) is 0.260. The summed E-state index contributed by atoms with van der Waals surface area (Å²) in [5.41, 5.74) is 2.01. The van der Waals surface area contributed by atoms with E-state index in [1.54, 1.807) is 12.1 Å². The normalized spacial score (nSPS) is 13.6. The largest absolute Gasteiger partial charge is 0.454 e. The number of rotatable bonds is 9. The number of carbonyl (C=O) groups excluding carboxylic acids is 2. The van der Waals surface area contributed by atoms with Gasteiger partial charge in [0.1, 0.15) is 0 Å². The summed E-state index contributed by atoms with van der Waals surface area (Å²) in [6.07, 6.45) is 3.14. The summed E-state index contributed by atoms with van der Waals surface area (Å²) in [4.78, 5) is 37.7. The third kappa shape index (κ3) is 5.88. The first-order valence-electron chi connectivity index (χ1n) is 10.4. The zero-order chi connectivity index (χ0) is 22.2. The number of non-ortho nitro benzene ring substituents is 1. The first kappa shape index (κ1) is 22.4. The molecule has 2 aromatic carbocycles. The van der Waals surface area contributed by atoms with Crippen LogP contribution >= 0.6 is 0 Å². The predicted molar refractivity (Wildman–Crippen MR) is 116 cm³/mol. The van der Waals surface area contributed by atoms with Crippen molar-refractivity contribution in [3.63, 3.8) is 0 Å². The lowest BCUT2D eigenvalue weighted by Crippen LogP contribution is -2.37. The smallest absolute Gasteiger partial charge is 0.340 e. The molecule has 0 unspecified atom stereocenters. The molecule has 8 heteroatoms. The van der Waals surface area contributed by atoms with Crippen molar-refractivity contribution in [2.24, 2.45) is 0 Å². The highest BCUT2D eigenvalue weighted by Crippen LogP contribution is 2.27. The lowest BCUT2D eigenvalue weighted by atomic mass is 10.0. The van der Waals surface area contributed by atoms with Crippen LogP contribution in [0.2, 0.25) is 0 Å². The maximum Gasteiger partial charge on any atom is 0.340 e. The summed E-state index contributed by atoms with van der Waals surface area (Å²) in [6, 6.07) is 11.4. The van der Waals surface area contributed by atoms with Gasteiger partial charge in [-0.1, -0.05) is 37.6 Å². The Morgan fingerprint density at radius 2 is 1.84 bits per heavy atom. The van der Waals surface area contributed by atoms with E-state index in [0.717, 1.165) is 24.8 Å². The molecule has 0 amide bonds. The van der Waals surface area contributed by atoms with E-state index in [1.807, 2.05) is 17.0 Å². The SMILES string of the molecule is CCCCc1ccc(C(=O)COC(=O)c2cc([N+](=O)[O-])ccc2N2CCOCC2)cc1. The molecule has 0 N–H and O–H groups in total.